The minimum Gasteiger partial charge on any atom is -0.394 e. The van der Waals surface area contributed by atoms with E-state index < -0.39 is 0 Å². The van der Waals surface area contributed by atoms with Gasteiger partial charge in [-0.05, 0) is 0 Å². The number of rotatable bonds is 7. The molecular weight excluding hydrogens is 230 g/mol. The molecular formula is C6H14KMnO4+4. The van der Waals surface area contributed by atoms with Crippen molar-refractivity contribution in [3.05, 3.63) is 0 Å². The van der Waals surface area contributed by atoms with Gasteiger partial charge in [-0.25, -0.2) is 0 Å². The number of hydrogen-bond acceptors (Lipinski definition) is 4. The van der Waals surface area contributed by atoms with Crippen LogP contribution in [0.4, 0.5) is 0 Å². The summed E-state index contributed by atoms with van der Waals surface area (Å²) >= 11 is 0. The SMILES string of the molecule is OCCOCCOCCO.[K+].[Mn+3]. The molecule has 4 nitrogen and oxygen atoms in total. The summed E-state index contributed by atoms with van der Waals surface area (Å²) in [4.78, 5) is 0. The summed E-state index contributed by atoms with van der Waals surface area (Å²) in [6.45, 7) is 1.73. The van der Waals surface area contributed by atoms with Crippen molar-refractivity contribution in [1.82, 2.24) is 0 Å². The van der Waals surface area contributed by atoms with E-state index in [0.717, 1.165) is 0 Å². The first-order chi connectivity index (χ1) is 4.91. The standard InChI is InChI=1S/C6H14O4.K.Mn/c7-1-3-9-5-6-10-4-2-8;;/h7-8H,1-6H2;;/q;+1;+3. The van der Waals surface area contributed by atoms with Gasteiger partial charge < -0.3 is 19.7 Å². The van der Waals surface area contributed by atoms with Crippen molar-refractivity contribution in [2.24, 2.45) is 0 Å². The van der Waals surface area contributed by atoms with Crippen molar-refractivity contribution in [3.8, 4) is 0 Å². The van der Waals surface area contributed by atoms with Crippen LogP contribution in [0.3, 0.4) is 0 Å². The Labute approximate surface area is 126 Å². The van der Waals surface area contributed by atoms with Crippen LogP contribution in [0.15, 0.2) is 0 Å². The van der Waals surface area contributed by atoms with Crippen molar-refractivity contribution in [3.63, 3.8) is 0 Å². The predicted molar refractivity (Wildman–Crippen MR) is 35.8 cm³/mol. The summed E-state index contributed by atoms with van der Waals surface area (Å²) in [5.41, 5.74) is 0. The maximum Gasteiger partial charge on any atom is 3.00 e. The van der Waals surface area contributed by atoms with Crippen molar-refractivity contribution < 1.29 is 88.1 Å². The topological polar surface area (TPSA) is 58.9 Å². The van der Waals surface area contributed by atoms with E-state index in [1.54, 1.807) is 0 Å². The maximum atomic E-state index is 8.26. The molecule has 0 unspecified atom stereocenters. The second-order valence-electron chi connectivity index (χ2n) is 1.67. The molecule has 0 rings (SSSR count). The van der Waals surface area contributed by atoms with Gasteiger partial charge in [0.25, 0.3) is 0 Å². The Bertz CT molecular complexity index is 59.5. The van der Waals surface area contributed by atoms with Gasteiger partial charge in [-0.15, -0.1) is 0 Å². The zero-order valence-corrected chi connectivity index (χ0v) is 11.6. The first kappa shape index (κ1) is 19.6. The summed E-state index contributed by atoms with van der Waals surface area (Å²) in [6.07, 6.45) is 0. The van der Waals surface area contributed by atoms with Gasteiger partial charge in [0.15, 0.2) is 0 Å². The van der Waals surface area contributed by atoms with Crippen LogP contribution in [0.25, 0.3) is 0 Å². The average Bonchev–Trinajstić information content (AvgIpc) is 1.97. The molecule has 6 heteroatoms. The number of aliphatic hydroxyl groups is 2. The summed E-state index contributed by atoms with van der Waals surface area (Å²) in [5, 5.41) is 16.5. The van der Waals surface area contributed by atoms with Crippen LogP contribution in [0, 0.1) is 0 Å². The third-order valence-electron chi connectivity index (χ3n) is 0.843. The third kappa shape index (κ3) is 17.9. The van der Waals surface area contributed by atoms with Crippen molar-refractivity contribution in [2.45, 2.75) is 0 Å². The number of aliphatic hydroxyl groups excluding tert-OH is 2. The van der Waals surface area contributed by atoms with Crippen molar-refractivity contribution in [1.29, 1.82) is 0 Å². The summed E-state index contributed by atoms with van der Waals surface area (Å²) in [7, 11) is 0. The Morgan fingerprint density at radius 1 is 0.750 bits per heavy atom. The zero-order chi connectivity index (χ0) is 7.66. The van der Waals surface area contributed by atoms with E-state index in [9.17, 15) is 0 Å². The van der Waals surface area contributed by atoms with Gasteiger partial charge in [-0.3, -0.25) is 0 Å². The third-order valence-corrected chi connectivity index (χ3v) is 0.843. The maximum absolute atomic E-state index is 8.26. The minimum absolute atomic E-state index is 0. The summed E-state index contributed by atoms with van der Waals surface area (Å²) < 4.78 is 9.75. The van der Waals surface area contributed by atoms with Crippen LogP contribution >= 0.6 is 0 Å². The van der Waals surface area contributed by atoms with E-state index in [-0.39, 0.29) is 81.7 Å². The van der Waals surface area contributed by atoms with Gasteiger partial charge in [-0.1, -0.05) is 0 Å². The average molecular weight is 244 g/mol. The fourth-order valence-corrected chi connectivity index (χ4v) is 0.451. The Hall–Kier alpha value is 2.00. The summed E-state index contributed by atoms with van der Waals surface area (Å²) in [6, 6.07) is 0. The largest absolute Gasteiger partial charge is 3.00 e. The molecule has 0 amide bonds. The van der Waals surface area contributed by atoms with Crippen LogP contribution in [0.2, 0.25) is 0 Å². The van der Waals surface area contributed by atoms with E-state index in [1.807, 2.05) is 0 Å². The van der Waals surface area contributed by atoms with Gasteiger partial charge in [0.2, 0.25) is 0 Å². The van der Waals surface area contributed by atoms with Crippen molar-refractivity contribution in [2.75, 3.05) is 39.6 Å². The molecule has 0 aromatic rings. The predicted octanol–water partition coefficient (Wildman–Crippen LogP) is -3.99. The molecule has 0 saturated heterocycles. The number of ether oxygens (including phenoxy) is 2. The Balaban J connectivity index is -0.000000405. The quantitative estimate of drug-likeness (QED) is 0.354. The molecule has 0 spiro atoms. The zero-order valence-electron chi connectivity index (χ0n) is 7.33. The molecule has 0 aliphatic heterocycles. The van der Waals surface area contributed by atoms with Crippen LogP contribution in [0.5, 0.6) is 0 Å². The Morgan fingerprint density at radius 2 is 1.08 bits per heavy atom. The fraction of sp³-hybridized carbons (Fsp3) is 1.00. The van der Waals surface area contributed by atoms with Crippen molar-refractivity contribution >= 4 is 0 Å². The molecule has 0 radical (unpaired) electrons. The molecule has 0 aromatic heterocycles. The van der Waals surface area contributed by atoms with E-state index in [2.05, 4.69) is 0 Å². The van der Waals surface area contributed by atoms with Gasteiger partial charge in [-0.2, -0.15) is 0 Å². The molecule has 0 saturated carbocycles. The molecule has 0 bridgehead atoms. The normalized spacial score (nSPS) is 8.50. The van der Waals surface area contributed by atoms with Gasteiger partial charge in [0.1, 0.15) is 0 Å². The number of hydrogen-bond donors (Lipinski definition) is 2. The first-order valence-electron chi connectivity index (χ1n) is 3.29. The molecule has 2 N–H and O–H groups in total. The van der Waals surface area contributed by atoms with Crippen LogP contribution < -0.4 is 51.4 Å². The van der Waals surface area contributed by atoms with Gasteiger partial charge in [0.05, 0.1) is 39.6 Å². The second kappa shape index (κ2) is 18.7. The minimum atomic E-state index is 0. The molecule has 0 heterocycles. The van der Waals surface area contributed by atoms with Gasteiger partial charge >= 0.3 is 68.5 Å². The van der Waals surface area contributed by atoms with E-state index in [4.69, 9.17) is 19.7 Å². The van der Waals surface area contributed by atoms with Gasteiger partial charge in [0, 0.05) is 0 Å². The Kier molecular flexibility index (Phi) is 30.5. The molecule has 0 aliphatic rings. The molecule has 66 valence electrons. The molecule has 0 fully saturated rings. The first-order valence-corrected chi connectivity index (χ1v) is 3.29. The van der Waals surface area contributed by atoms with Crippen LogP contribution in [0.1, 0.15) is 0 Å². The summed E-state index contributed by atoms with van der Waals surface area (Å²) in [5.74, 6) is 0. The smallest absolute Gasteiger partial charge is 0.394 e. The van der Waals surface area contributed by atoms with Crippen LogP contribution in [-0.4, -0.2) is 49.9 Å². The van der Waals surface area contributed by atoms with E-state index >= 15 is 0 Å². The Morgan fingerprint density at radius 3 is 1.33 bits per heavy atom. The molecule has 12 heavy (non-hydrogen) atoms. The second-order valence-corrected chi connectivity index (χ2v) is 1.67. The van der Waals surface area contributed by atoms with Crippen LogP contribution in [-0.2, 0) is 26.5 Å². The molecule has 0 atom stereocenters. The fourth-order valence-electron chi connectivity index (χ4n) is 0.451. The molecule has 0 aliphatic carbocycles. The monoisotopic (exact) mass is 244 g/mol. The van der Waals surface area contributed by atoms with E-state index in [0.29, 0.717) is 26.4 Å². The van der Waals surface area contributed by atoms with E-state index in [1.165, 1.54) is 0 Å². The molecule has 0 aromatic carbocycles.